The van der Waals surface area contributed by atoms with Crippen LogP contribution >= 0.6 is 0 Å². The van der Waals surface area contributed by atoms with Gasteiger partial charge in [0.05, 0.1) is 12.1 Å². The number of anilines is 1. The van der Waals surface area contributed by atoms with Gasteiger partial charge in [0.1, 0.15) is 0 Å². The van der Waals surface area contributed by atoms with Crippen LogP contribution in [0.3, 0.4) is 0 Å². The minimum atomic E-state index is -0.334. The van der Waals surface area contributed by atoms with Gasteiger partial charge in [0, 0.05) is 29.6 Å². The first-order valence-electron chi connectivity index (χ1n) is 8.30. The molecule has 114 valence electrons. The molecule has 4 aliphatic rings. The molecular formula is C19H22N2O. The van der Waals surface area contributed by atoms with Gasteiger partial charge < -0.3 is 10.4 Å². The standard InChI is InChI=1S/C19H22N2O/c1-3-12-10-21-9-8-19-13-6-4-5-7-14(13)20-17(19)11(2)15(12)16(22)18(19)21/h3-7,15-18,20,22H,2,8-10H2,1H3/b12-3+/t15-,16?,17+,18+,19+/m1/s1. The number of hydrogen-bond acceptors (Lipinski definition) is 3. The normalized spacial score (nSPS) is 43.9. The Bertz CT molecular complexity index is 709. The van der Waals surface area contributed by atoms with E-state index in [1.165, 1.54) is 22.4 Å². The van der Waals surface area contributed by atoms with Crippen LogP contribution in [0.5, 0.6) is 0 Å². The molecule has 1 aliphatic carbocycles. The minimum Gasteiger partial charge on any atom is -0.390 e. The third kappa shape index (κ3) is 1.23. The number of rotatable bonds is 0. The topological polar surface area (TPSA) is 35.5 Å². The van der Waals surface area contributed by atoms with E-state index in [0.717, 1.165) is 19.5 Å². The van der Waals surface area contributed by atoms with Crippen LogP contribution in [0.2, 0.25) is 0 Å². The van der Waals surface area contributed by atoms with Crippen LogP contribution in [0.25, 0.3) is 0 Å². The second kappa shape index (κ2) is 4.03. The maximum atomic E-state index is 11.1. The zero-order valence-electron chi connectivity index (χ0n) is 12.9. The molecule has 3 aliphatic heterocycles. The van der Waals surface area contributed by atoms with Crippen molar-refractivity contribution in [3.05, 3.63) is 53.6 Å². The summed E-state index contributed by atoms with van der Waals surface area (Å²) in [5.41, 5.74) is 5.13. The molecular weight excluding hydrogens is 272 g/mol. The highest BCUT2D eigenvalue weighted by molar-refractivity contribution is 5.68. The molecule has 2 bridgehead atoms. The van der Waals surface area contributed by atoms with Crippen molar-refractivity contribution >= 4 is 5.69 Å². The smallest absolute Gasteiger partial charge is 0.0808 e. The number of para-hydroxylation sites is 1. The zero-order valence-corrected chi connectivity index (χ0v) is 12.9. The molecule has 1 aromatic rings. The van der Waals surface area contributed by atoms with E-state index >= 15 is 0 Å². The van der Waals surface area contributed by atoms with Crippen LogP contribution in [0.15, 0.2) is 48.1 Å². The number of benzene rings is 1. The summed E-state index contributed by atoms with van der Waals surface area (Å²) in [7, 11) is 0. The Labute approximate surface area is 131 Å². The van der Waals surface area contributed by atoms with Gasteiger partial charge in [0.25, 0.3) is 0 Å². The molecule has 1 spiro atoms. The molecule has 5 rings (SSSR count). The van der Waals surface area contributed by atoms with Crippen LogP contribution in [-0.2, 0) is 5.41 Å². The molecule has 1 saturated carbocycles. The largest absolute Gasteiger partial charge is 0.390 e. The first-order valence-corrected chi connectivity index (χ1v) is 8.30. The number of allylic oxidation sites excluding steroid dienone is 1. The fraction of sp³-hybridized carbons (Fsp3) is 0.474. The summed E-state index contributed by atoms with van der Waals surface area (Å²) in [6, 6.07) is 9.11. The molecule has 22 heavy (non-hydrogen) atoms. The quantitative estimate of drug-likeness (QED) is 0.721. The molecule has 0 aromatic heterocycles. The average molecular weight is 294 g/mol. The number of hydrogen-bond donors (Lipinski definition) is 2. The first-order chi connectivity index (χ1) is 10.7. The van der Waals surface area contributed by atoms with Crippen molar-refractivity contribution in [3.63, 3.8) is 0 Å². The molecule has 5 atom stereocenters. The van der Waals surface area contributed by atoms with E-state index in [4.69, 9.17) is 0 Å². The van der Waals surface area contributed by atoms with Gasteiger partial charge in [-0.1, -0.05) is 36.4 Å². The van der Waals surface area contributed by atoms with E-state index in [1.807, 2.05) is 0 Å². The average Bonchev–Trinajstić information content (AvgIpc) is 3.08. The summed E-state index contributed by atoms with van der Waals surface area (Å²) < 4.78 is 0. The van der Waals surface area contributed by atoms with Crippen LogP contribution in [0.4, 0.5) is 5.69 Å². The zero-order chi connectivity index (χ0) is 15.1. The summed E-state index contributed by atoms with van der Waals surface area (Å²) in [6.07, 6.45) is 2.95. The first kappa shape index (κ1) is 12.9. The van der Waals surface area contributed by atoms with Gasteiger partial charge in [-0.15, -0.1) is 0 Å². The summed E-state index contributed by atoms with van der Waals surface area (Å²) in [4.78, 5) is 2.50. The van der Waals surface area contributed by atoms with E-state index in [9.17, 15) is 5.11 Å². The monoisotopic (exact) mass is 294 g/mol. The molecule has 1 aromatic carbocycles. The molecule has 2 saturated heterocycles. The second-order valence-electron chi connectivity index (χ2n) is 7.24. The lowest BCUT2D eigenvalue weighted by Gasteiger charge is -2.55. The summed E-state index contributed by atoms with van der Waals surface area (Å²) in [5.74, 6) is 0.115. The van der Waals surface area contributed by atoms with Crippen molar-refractivity contribution < 1.29 is 5.11 Å². The van der Waals surface area contributed by atoms with Crippen molar-refractivity contribution in [3.8, 4) is 0 Å². The van der Waals surface area contributed by atoms with E-state index < -0.39 is 0 Å². The second-order valence-corrected chi connectivity index (χ2v) is 7.24. The molecule has 3 heteroatoms. The minimum absolute atomic E-state index is 0.00284. The molecule has 3 heterocycles. The molecule has 0 radical (unpaired) electrons. The van der Waals surface area contributed by atoms with Gasteiger partial charge in [-0.05, 0) is 37.1 Å². The van der Waals surface area contributed by atoms with Gasteiger partial charge in [-0.3, -0.25) is 4.90 Å². The van der Waals surface area contributed by atoms with Crippen molar-refractivity contribution in [1.29, 1.82) is 0 Å². The third-order valence-electron chi connectivity index (χ3n) is 6.57. The fourth-order valence-corrected chi connectivity index (χ4v) is 5.77. The number of piperidine rings is 1. The highest BCUT2D eigenvalue weighted by Crippen LogP contribution is 2.60. The van der Waals surface area contributed by atoms with E-state index in [1.54, 1.807) is 0 Å². The summed E-state index contributed by atoms with van der Waals surface area (Å²) >= 11 is 0. The van der Waals surface area contributed by atoms with Crippen LogP contribution in [0.1, 0.15) is 18.9 Å². The lowest BCUT2D eigenvalue weighted by molar-refractivity contribution is -0.0179. The molecule has 0 amide bonds. The predicted octanol–water partition coefficient (Wildman–Crippen LogP) is 2.30. The Kier molecular flexibility index (Phi) is 2.37. The number of aliphatic hydroxyl groups excluding tert-OH is 1. The predicted molar refractivity (Wildman–Crippen MR) is 87.9 cm³/mol. The van der Waals surface area contributed by atoms with Gasteiger partial charge >= 0.3 is 0 Å². The Morgan fingerprint density at radius 2 is 2.23 bits per heavy atom. The van der Waals surface area contributed by atoms with E-state index in [0.29, 0.717) is 0 Å². The summed E-state index contributed by atoms with van der Waals surface area (Å²) in [5, 5.41) is 14.9. The Hall–Kier alpha value is -1.58. The molecule has 3 fully saturated rings. The van der Waals surface area contributed by atoms with Gasteiger partial charge in [0.15, 0.2) is 0 Å². The van der Waals surface area contributed by atoms with Crippen molar-refractivity contribution in [2.24, 2.45) is 5.92 Å². The maximum Gasteiger partial charge on any atom is 0.0808 e. The van der Waals surface area contributed by atoms with Crippen molar-refractivity contribution in [2.45, 2.75) is 36.9 Å². The van der Waals surface area contributed by atoms with E-state index in [2.05, 4.69) is 54.1 Å². The highest BCUT2D eigenvalue weighted by atomic mass is 16.3. The molecule has 3 nitrogen and oxygen atoms in total. The van der Waals surface area contributed by atoms with Gasteiger partial charge in [0.2, 0.25) is 0 Å². The maximum absolute atomic E-state index is 11.1. The van der Waals surface area contributed by atoms with Crippen LogP contribution in [-0.4, -0.2) is 41.3 Å². The van der Waals surface area contributed by atoms with Crippen molar-refractivity contribution in [1.82, 2.24) is 4.90 Å². The van der Waals surface area contributed by atoms with Crippen molar-refractivity contribution in [2.75, 3.05) is 18.4 Å². The number of nitrogens with one attached hydrogen (secondary N) is 1. The fourth-order valence-electron chi connectivity index (χ4n) is 5.77. The van der Waals surface area contributed by atoms with Crippen LogP contribution in [0, 0.1) is 5.92 Å². The molecule has 1 unspecified atom stereocenters. The molecule has 2 N–H and O–H groups in total. The Balaban J connectivity index is 1.76. The Morgan fingerprint density at radius 3 is 3.05 bits per heavy atom. The number of fused-ring (bicyclic) bond motifs is 2. The lowest BCUT2D eigenvalue weighted by atomic mass is 9.57. The lowest BCUT2D eigenvalue weighted by Crippen LogP contribution is -2.66. The SMILES string of the molecule is C=C1[C@@H]2/C(=C/C)CN3CC[C@@]4(c5ccccc5N[C@@H]14)[C@@H]3C2O. The van der Waals surface area contributed by atoms with Crippen LogP contribution < -0.4 is 5.32 Å². The number of nitrogens with zero attached hydrogens (tertiary/aromatic N) is 1. The summed E-state index contributed by atoms with van der Waals surface area (Å²) in [6.45, 7) is 8.57. The van der Waals surface area contributed by atoms with E-state index in [-0.39, 0.29) is 29.5 Å². The third-order valence-corrected chi connectivity index (χ3v) is 6.57. The number of aliphatic hydroxyl groups is 1. The van der Waals surface area contributed by atoms with Gasteiger partial charge in [-0.25, -0.2) is 0 Å². The van der Waals surface area contributed by atoms with Gasteiger partial charge in [-0.2, -0.15) is 0 Å². The Morgan fingerprint density at radius 1 is 1.41 bits per heavy atom. The highest BCUT2D eigenvalue weighted by Gasteiger charge is 2.66.